The number of hydrogen-bond acceptors (Lipinski definition) is 2. The normalized spacial score (nSPS) is 11.9. The molecular weight excluding hydrogens is 334 g/mol. The van der Waals surface area contributed by atoms with Gasteiger partial charge in [-0.2, -0.15) is 0 Å². The number of nitrogens with zero attached hydrogens (tertiary/aromatic N) is 1. The lowest BCUT2D eigenvalue weighted by Gasteiger charge is -2.25. The molecule has 0 fully saturated rings. The molecule has 1 heterocycles. The van der Waals surface area contributed by atoms with Crippen LogP contribution in [-0.2, 0) is 11.3 Å². The topological polar surface area (TPSA) is 33.5 Å². The van der Waals surface area contributed by atoms with Gasteiger partial charge in [-0.05, 0) is 36.6 Å². The summed E-state index contributed by atoms with van der Waals surface area (Å²) in [6.45, 7) is 5.35. The lowest BCUT2D eigenvalue weighted by molar-refractivity contribution is -0.131. The highest BCUT2D eigenvalue weighted by Gasteiger charge is 2.20. The average molecular weight is 361 g/mol. The number of carbonyl (C=O) groups excluding carboxylic acids is 1. The Morgan fingerprint density at radius 2 is 1.74 bits per heavy atom. The predicted octanol–water partition coefficient (Wildman–Crippen LogP) is 5.55. The van der Waals surface area contributed by atoms with E-state index in [1.54, 1.807) is 6.26 Å². The molecule has 3 aromatic rings. The van der Waals surface area contributed by atoms with Crippen LogP contribution in [0.2, 0.25) is 0 Å². The van der Waals surface area contributed by atoms with Gasteiger partial charge in [0.25, 0.3) is 0 Å². The number of hydrogen-bond donors (Lipinski definition) is 0. The highest BCUT2D eigenvalue weighted by Crippen LogP contribution is 2.29. The van der Waals surface area contributed by atoms with Crippen molar-refractivity contribution in [3.63, 3.8) is 0 Å². The van der Waals surface area contributed by atoms with Gasteiger partial charge in [-0.15, -0.1) is 0 Å². The van der Waals surface area contributed by atoms with Crippen molar-refractivity contribution in [2.24, 2.45) is 0 Å². The Balaban J connectivity index is 1.77. The average Bonchev–Trinajstić information content (AvgIpc) is 3.23. The van der Waals surface area contributed by atoms with Gasteiger partial charge in [-0.25, -0.2) is 0 Å². The maximum Gasteiger partial charge on any atom is 0.222 e. The number of furan rings is 1. The zero-order valence-corrected chi connectivity index (χ0v) is 16.1. The molecule has 0 aliphatic rings. The summed E-state index contributed by atoms with van der Waals surface area (Å²) in [6, 6.07) is 22.7. The van der Waals surface area contributed by atoms with Crippen molar-refractivity contribution in [2.45, 2.75) is 39.2 Å². The number of benzene rings is 2. The zero-order valence-electron chi connectivity index (χ0n) is 16.1. The number of rotatable bonds is 8. The van der Waals surface area contributed by atoms with Crippen molar-refractivity contribution in [3.8, 4) is 0 Å². The molecular formula is C24H27NO2. The van der Waals surface area contributed by atoms with Crippen molar-refractivity contribution in [3.05, 3.63) is 95.4 Å². The summed E-state index contributed by atoms with van der Waals surface area (Å²) in [7, 11) is 0. The van der Waals surface area contributed by atoms with Gasteiger partial charge in [-0.1, -0.05) is 67.1 Å². The van der Waals surface area contributed by atoms with Crippen LogP contribution in [0.1, 0.15) is 48.1 Å². The second-order valence-corrected chi connectivity index (χ2v) is 6.92. The van der Waals surface area contributed by atoms with Crippen LogP contribution in [0.25, 0.3) is 0 Å². The molecule has 0 spiro atoms. The van der Waals surface area contributed by atoms with Gasteiger partial charge in [0.05, 0.1) is 6.26 Å². The van der Waals surface area contributed by atoms with Crippen LogP contribution in [0.4, 0.5) is 0 Å². The fourth-order valence-corrected chi connectivity index (χ4v) is 3.37. The Morgan fingerprint density at radius 1 is 1.00 bits per heavy atom. The molecule has 3 rings (SSSR count). The molecule has 0 saturated heterocycles. The van der Waals surface area contributed by atoms with Gasteiger partial charge >= 0.3 is 0 Å². The maximum atomic E-state index is 12.5. The van der Waals surface area contributed by atoms with E-state index >= 15 is 0 Å². The van der Waals surface area contributed by atoms with Crippen LogP contribution in [0, 0.1) is 6.92 Å². The number of aryl methyl sites for hydroxylation is 1. The Kier molecular flexibility index (Phi) is 6.48. The Hall–Kier alpha value is -2.81. The first-order chi connectivity index (χ1) is 13.2. The molecule has 0 N–H and O–H groups in total. The Labute approximate surface area is 161 Å². The summed E-state index contributed by atoms with van der Waals surface area (Å²) < 4.78 is 5.71. The third-order valence-electron chi connectivity index (χ3n) is 4.93. The van der Waals surface area contributed by atoms with Gasteiger partial charge < -0.3 is 9.32 Å². The van der Waals surface area contributed by atoms with Gasteiger partial charge in [0, 0.05) is 25.4 Å². The first-order valence-electron chi connectivity index (χ1n) is 9.59. The summed E-state index contributed by atoms with van der Waals surface area (Å²) in [4.78, 5) is 14.5. The molecule has 0 unspecified atom stereocenters. The van der Waals surface area contributed by atoms with Gasteiger partial charge in [0.15, 0.2) is 0 Å². The third-order valence-corrected chi connectivity index (χ3v) is 4.93. The second-order valence-electron chi connectivity index (χ2n) is 6.92. The number of carbonyl (C=O) groups is 1. The minimum Gasteiger partial charge on any atom is -0.469 e. The first-order valence-corrected chi connectivity index (χ1v) is 9.59. The highest BCUT2D eigenvalue weighted by atomic mass is 16.3. The van der Waals surface area contributed by atoms with Crippen LogP contribution >= 0.6 is 0 Å². The van der Waals surface area contributed by atoms with Crippen molar-refractivity contribution in [1.82, 2.24) is 4.90 Å². The largest absolute Gasteiger partial charge is 0.469 e. The Morgan fingerprint density at radius 3 is 2.37 bits per heavy atom. The lowest BCUT2D eigenvalue weighted by Crippen LogP contribution is -2.31. The van der Waals surface area contributed by atoms with Crippen molar-refractivity contribution >= 4 is 5.91 Å². The van der Waals surface area contributed by atoms with Crippen LogP contribution in [-0.4, -0.2) is 17.4 Å². The van der Waals surface area contributed by atoms with E-state index in [9.17, 15) is 4.79 Å². The van der Waals surface area contributed by atoms with Gasteiger partial charge in [-0.3, -0.25) is 4.79 Å². The van der Waals surface area contributed by atoms with E-state index in [4.69, 9.17) is 4.42 Å². The highest BCUT2D eigenvalue weighted by molar-refractivity contribution is 5.75. The van der Waals surface area contributed by atoms with Crippen LogP contribution in [0.15, 0.2) is 77.4 Å². The van der Waals surface area contributed by atoms with E-state index in [1.165, 1.54) is 11.1 Å². The predicted molar refractivity (Wildman–Crippen MR) is 108 cm³/mol. The lowest BCUT2D eigenvalue weighted by atomic mass is 9.92. The Bertz CT molecular complexity index is 823. The molecule has 0 aliphatic heterocycles. The van der Waals surface area contributed by atoms with Crippen LogP contribution in [0.5, 0.6) is 0 Å². The molecule has 0 aliphatic carbocycles. The van der Waals surface area contributed by atoms with Gasteiger partial charge in [0.1, 0.15) is 5.76 Å². The minimum absolute atomic E-state index is 0.142. The molecule has 27 heavy (non-hydrogen) atoms. The van der Waals surface area contributed by atoms with E-state index in [2.05, 4.69) is 43.3 Å². The van der Waals surface area contributed by atoms with Crippen molar-refractivity contribution < 1.29 is 9.21 Å². The molecule has 1 aromatic heterocycles. The second kappa shape index (κ2) is 9.22. The van der Waals surface area contributed by atoms with E-state index in [1.807, 2.05) is 42.2 Å². The molecule has 1 amide bonds. The standard InChI is InChI=1S/C24H27NO2/c1-3-24(26)25(18-20-8-5-4-6-9-20)16-15-22(23-10-7-17-27-23)21-13-11-19(2)12-14-21/h4-14,17,22H,3,15-16,18H2,1-2H3/t22-/m0/s1. The van der Waals surface area contributed by atoms with Gasteiger partial charge in [0.2, 0.25) is 5.91 Å². The summed E-state index contributed by atoms with van der Waals surface area (Å²) >= 11 is 0. The van der Waals surface area contributed by atoms with Crippen molar-refractivity contribution in [2.75, 3.05) is 6.54 Å². The summed E-state index contributed by atoms with van der Waals surface area (Å²) in [5.41, 5.74) is 3.62. The van der Waals surface area contributed by atoms with E-state index in [-0.39, 0.29) is 11.8 Å². The molecule has 3 heteroatoms. The third kappa shape index (κ3) is 5.10. The quantitative estimate of drug-likeness (QED) is 0.527. The molecule has 0 saturated carbocycles. The molecule has 2 aromatic carbocycles. The van der Waals surface area contributed by atoms with Crippen LogP contribution in [0.3, 0.4) is 0 Å². The van der Waals surface area contributed by atoms with Crippen LogP contribution < -0.4 is 0 Å². The molecule has 0 radical (unpaired) electrons. The van der Waals surface area contributed by atoms with E-state index in [0.717, 1.165) is 17.7 Å². The summed E-state index contributed by atoms with van der Waals surface area (Å²) in [5, 5.41) is 0. The summed E-state index contributed by atoms with van der Waals surface area (Å²) in [5.74, 6) is 1.27. The fourth-order valence-electron chi connectivity index (χ4n) is 3.37. The van der Waals surface area contributed by atoms with Crippen molar-refractivity contribution in [1.29, 1.82) is 0 Å². The maximum absolute atomic E-state index is 12.5. The molecule has 1 atom stereocenters. The molecule has 0 bridgehead atoms. The zero-order chi connectivity index (χ0) is 19.1. The fraction of sp³-hybridized carbons (Fsp3) is 0.292. The number of amides is 1. The minimum atomic E-state index is 0.142. The molecule has 3 nitrogen and oxygen atoms in total. The SMILES string of the molecule is CCC(=O)N(CC[C@@H](c1ccc(C)cc1)c1ccco1)Cc1ccccc1. The monoisotopic (exact) mass is 361 g/mol. The first kappa shape index (κ1) is 19.0. The molecule has 140 valence electrons. The smallest absolute Gasteiger partial charge is 0.222 e. The summed E-state index contributed by atoms with van der Waals surface area (Å²) in [6.07, 6.45) is 3.06. The van der Waals surface area contributed by atoms with E-state index in [0.29, 0.717) is 19.5 Å². The van der Waals surface area contributed by atoms with E-state index < -0.39 is 0 Å².